The van der Waals surface area contributed by atoms with Crippen molar-refractivity contribution in [1.29, 1.82) is 0 Å². The lowest BCUT2D eigenvalue weighted by Gasteiger charge is -2.09. The minimum absolute atomic E-state index is 0.200. The average Bonchev–Trinajstić information content (AvgIpc) is 1.87. The lowest BCUT2D eigenvalue weighted by atomic mass is 10.6. The maximum Gasteiger partial charge on any atom is 0.319 e. The molecule has 0 aliphatic rings. The molecule has 4 nitrogen and oxygen atoms in total. The zero-order valence-electron chi connectivity index (χ0n) is 7.39. The van der Waals surface area contributed by atoms with E-state index in [1.165, 1.54) is 0 Å². The number of rotatable bonds is 5. The summed E-state index contributed by atoms with van der Waals surface area (Å²) < 4.78 is 4.70. The van der Waals surface area contributed by atoms with Crippen LogP contribution in [0.25, 0.3) is 0 Å². The van der Waals surface area contributed by atoms with Gasteiger partial charge in [0, 0.05) is 6.67 Å². The summed E-state index contributed by atoms with van der Waals surface area (Å²) in [4.78, 5) is 12.7. The first-order chi connectivity index (χ1) is 5.16. The molecule has 0 unspecified atom stereocenters. The Morgan fingerprint density at radius 3 is 2.64 bits per heavy atom. The Morgan fingerprint density at radius 2 is 2.18 bits per heavy atom. The van der Waals surface area contributed by atoms with Crippen molar-refractivity contribution in [2.24, 2.45) is 0 Å². The van der Waals surface area contributed by atoms with Crippen molar-refractivity contribution in [2.75, 3.05) is 33.9 Å². The van der Waals surface area contributed by atoms with Gasteiger partial charge < -0.3 is 4.74 Å². The summed E-state index contributed by atoms with van der Waals surface area (Å²) in [6, 6.07) is 0. The second kappa shape index (κ2) is 6.12. The van der Waals surface area contributed by atoms with E-state index in [0.717, 1.165) is 0 Å². The highest BCUT2D eigenvalue weighted by atomic mass is 16.5. The van der Waals surface area contributed by atoms with Crippen molar-refractivity contribution in [1.82, 2.24) is 10.2 Å². The lowest BCUT2D eigenvalue weighted by Crippen LogP contribution is -2.32. The fraction of sp³-hybridized carbons (Fsp3) is 0.857. The number of ether oxygens (including phenoxy) is 1. The molecule has 0 rings (SSSR count). The predicted octanol–water partition coefficient (Wildman–Crippen LogP) is -0.342. The monoisotopic (exact) mass is 160 g/mol. The molecule has 4 heteroatoms. The van der Waals surface area contributed by atoms with Crippen molar-refractivity contribution in [2.45, 2.75) is 6.92 Å². The highest BCUT2D eigenvalue weighted by molar-refractivity contribution is 5.71. The van der Waals surface area contributed by atoms with Crippen LogP contribution in [0.4, 0.5) is 0 Å². The van der Waals surface area contributed by atoms with E-state index in [-0.39, 0.29) is 12.5 Å². The van der Waals surface area contributed by atoms with Crippen LogP contribution in [0.1, 0.15) is 6.92 Å². The summed E-state index contributed by atoms with van der Waals surface area (Å²) in [5.41, 5.74) is 0. The summed E-state index contributed by atoms with van der Waals surface area (Å²) in [5.74, 6) is -0.200. The van der Waals surface area contributed by atoms with E-state index in [9.17, 15) is 4.79 Å². The number of nitrogens with zero attached hydrogens (tertiary/aromatic N) is 1. The highest BCUT2D eigenvalue weighted by Gasteiger charge is 1.98. The summed E-state index contributed by atoms with van der Waals surface area (Å²) >= 11 is 0. The molecule has 1 N–H and O–H groups in total. The van der Waals surface area contributed by atoms with E-state index < -0.39 is 0 Å². The van der Waals surface area contributed by atoms with Gasteiger partial charge in [-0.2, -0.15) is 0 Å². The van der Waals surface area contributed by atoms with Crippen LogP contribution in [-0.2, 0) is 9.53 Å². The zero-order chi connectivity index (χ0) is 8.69. The SMILES string of the molecule is CCOC(=O)CNCN(C)C. The largest absolute Gasteiger partial charge is 0.465 e. The maximum absolute atomic E-state index is 10.7. The number of carbonyl (C=O) groups excluding carboxylic acids is 1. The van der Waals surface area contributed by atoms with E-state index >= 15 is 0 Å². The van der Waals surface area contributed by atoms with Gasteiger partial charge in [0.2, 0.25) is 0 Å². The van der Waals surface area contributed by atoms with Crippen LogP contribution in [0.2, 0.25) is 0 Å². The third-order valence-electron chi connectivity index (χ3n) is 1.00. The van der Waals surface area contributed by atoms with Crippen molar-refractivity contribution >= 4 is 5.97 Å². The molecule has 0 aromatic rings. The fourth-order valence-electron chi connectivity index (χ4n) is 0.594. The Balaban J connectivity index is 3.17. The average molecular weight is 160 g/mol. The van der Waals surface area contributed by atoms with Crippen LogP contribution in [0.5, 0.6) is 0 Å². The van der Waals surface area contributed by atoms with E-state index in [2.05, 4.69) is 5.32 Å². The van der Waals surface area contributed by atoms with E-state index in [4.69, 9.17) is 4.74 Å². The van der Waals surface area contributed by atoms with Crippen molar-refractivity contribution in [3.8, 4) is 0 Å². The van der Waals surface area contributed by atoms with Crippen molar-refractivity contribution in [3.63, 3.8) is 0 Å². The molecule has 0 saturated heterocycles. The molecule has 0 amide bonds. The molecule has 0 aliphatic carbocycles. The number of hydrogen-bond donors (Lipinski definition) is 1. The van der Waals surface area contributed by atoms with E-state index in [0.29, 0.717) is 13.3 Å². The van der Waals surface area contributed by atoms with Gasteiger partial charge in [-0.3, -0.25) is 15.0 Å². The quantitative estimate of drug-likeness (QED) is 0.441. The van der Waals surface area contributed by atoms with Crippen LogP contribution < -0.4 is 5.32 Å². The highest BCUT2D eigenvalue weighted by Crippen LogP contribution is 1.75. The van der Waals surface area contributed by atoms with Crippen molar-refractivity contribution < 1.29 is 9.53 Å². The van der Waals surface area contributed by atoms with Gasteiger partial charge in [-0.1, -0.05) is 0 Å². The van der Waals surface area contributed by atoms with Crippen LogP contribution in [0.15, 0.2) is 0 Å². The van der Waals surface area contributed by atoms with Gasteiger partial charge in [-0.15, -0.1) is 0 Å². The Hall–Kier alpha value is -0.610. The first kappa shape index (κ1) is 10.4. The Kier molecular flexibility index (Phi) is 5.78. The molecule has 0 fully saturated rings. The standard InChI is InChI=1S/C7H16N2O2/c1-4-11-7(10)5-8-6-9(2)3/h8H,4-6H2,1-3H3. The molecule has 0 radical (unpaired) electrons. The normalized spacial score (nSPS) is 10.2. The number of hydrogen-bond acceptors (Lipinski definition) is 4. The van der Waals surface area contributed by atoms with Gasteiger partial charge in [-0.25, -0.2) is 0 Å². The molecule has 0 spiro atoms. The number of esters is 1. The fourth-order valence-corrected chi connectivity index (χ4v) is 0.594. The Labute approximate surface area is 67.5 Å². The third-order valence-corrected chi connectivity index (χ3v) is 1.00. The molecule has 0 saturated carbocycles. The molecule has 0 aromatic heterocycles. The number of carbonyl (C=O) groups is 1. The molecular formula is C7H16N2O2. The van der Waals surface area contributed by atoms with Gasteiger partial charge in [0.15, 0.2) is 0 Å². The second-order valence-electron chi connectivity index (χ2n) is 2.47. The van der Waals surface area contributed by atoms with Crippen LogP contribution >= 0.6 is 0 Å². The smallest absolute Gasteiger partial charge is 0.319 e. The summed E-state index contributed by atoms with van der Waals surface area (Å²) in [6.45, 7) is 3.22. The maximum atomic E-state index is 10.7. The first-order valence-electron chi connectivity index (χ1n) is 3.68. The minimum atomic E-state index is -0.200. The molecule has 0 heterocycles. The van der Waals surface area contributed by atoms with E-state index in [1.54, 1.807) is 6.92 Å². The van der Waals surface area contributed by atoms with E-state index in [1.807, 2.05) is 19.0 Å². The molecule has 11 heavy (non-hydrogen) atoms. The molecule has 66 valence electrons. The summed E-state index contributed by atoms with van der Waals surface area (Å²) in [6.07, 6.45) is 0. The van der Waals surface area contributed by atoms with Crippen molar-refractivity contribution in [3.05, 3.63) is 0 Å². The molecule has 0 aromatic carbocycles. The van der Waals surface area contributed by atoms with Gasteiger partial charge in [0.05, 0.1) is 13.2 Å². The van der Waals surface area contributed by atoms with Gasteiger partial charge in [0.25, 0.3) is 0 Å². The minimum Gasteiger partial charge on any atom is -0.465 e. The molecule has 0 aliphatic heterocycles. The van der Waals surface area contributed by atoms with Gasteiger partial charge in [-0.05, 0) is 21.0 Å². The predicted molar refractivity (Wildman–Crippen MR) is 43.2 cm³/mol. The van der Waals surface area contributed by atoms with Gasteiger partial charge >= 0.3 is 5.97 Å². The molecular weight excluding hydrogens is 144 g/mol. The Bertz CT molecular complexity index is 115. The topological polar surface area (TPSA) is 41.6 Å². The lowest BCUT2D eigenvalue weighted by molar-refractivity contribution is -0.142. The van der Waals surface area contributed by atoms with Crippen LogP contribution in [0, 0.1) is 0 Å². The molecule has 0 atom stereocenters. The molecule has 0 bridgehead atoms. The second-order valence-corrected chi connectivity index (χ2v) is 2.47. The van der Waals surface area contributed by atoms with Crippen LogP contribution in [-0.4, -0.2) is 44.8 Å². The number of nitrogens with one attached hydrogen (secondary N) is 1. The first-order valence-corrected chi connectivity index (χ1v) is 3.68. The van der Waals surface area contributed by atoms with Crippen LogP contribution in [0.3, 0.4) is 0 Å². The third kappa shape index (κ3) is 7.29. The summed E-state index contributed by atoms with van der Waals surface area (Å²) in [7, 11) is 3.86. The zero-order valence-corrected chi connectivity index (χ0v) is 7.39. The van der Waals surface area contributed by atoms with Gasteiger partial charge in [0.1, 0.15) is 0 Å². The Morgan fingerprint density at radius 1 is 1.55 bits per heavy atom. The summed E-state index contributed by atoms with van der Waals surface area (Å²) in [5, 5.41) is 2.92.